The Bertz CT molecular complexity index is 1080. The van der Waals surface area contributed by atoms with E-state index in [-0.39, 0.29) is 29.7 Å². The summed E-state index contributed by atoms with van der Waals surface area (Å²) in [5.41, 5.74) is 1.68. The Morgan fingerprint density at radius 1 is 1.10 bits per heavy atom. The Morgan fingerprint density at radius 3 is 2.53 bits per heavy atom. The third kappa shape index (κ3) is 4.08. The molecule has 6 nitrogen and oxygen atoms in total. The fraction of sp³-hybridized carbons (Fsp3) is 0.455. The summed E-state index contributed by atoms with van der Waals surface area (Å²) >= 11 is 1.59. The van der Waals surface area contributed by atoms with Crippen LogP contribution in [0.1, 0.15) is 50.7 Å². The van der Waals surface area contributed by atoms with Crippen molar-refractivity contribution in [1.82, 2.24) is 9.21 Å². The number of hydrogen-bond acceptors (Lipinski definition) is 5. The van der Waals surface area contributed by atoms with Gasteiger partial charge in [0.15, 0.2) is 5.78 Å². The summed E-state index contributed by atoms with van der Waals surface area (Å²) in [6.45, 7) is 4.89. The first kappa shape index (κ1) is 21.2. The van der Waals surface area contributed by atoms with E-state index in [9.17, 15) is 18.0 Å². The van der Waals surface area contributed by atoms with Gasteiger partial charge >= 0.3 is 0 Å². The molecule has 0 spiro atoms. The van der Waals surface area contributed by atoms with E-state index in [1.165, 1.54) is 40.2 Å². The predicted molar refractivity (Wildman–Crippen MR) is 117 cm³/mol. The molecule has 1 atom stereocenters. The molecule has 2 aromatic rings. The quantitative estimate of drug-likeness (QED) is 0.676. The number of piperazine rings is 1. The average Bonchev–Trinajstić information content (AvgIpc) is 3.16. The standard InChI is InChI=1S/C22H26N2O4S2/c1-15-6-7-20-18(12-15)14-21(29-20)22(26)23-8-10-24(11-9-23)30(27,28)19-5-3-4-17(13-19)16(2)25/h3-5,13-15H,6-12H2,1-2H3/t15-/m1/s1. The molecule has 8 heteroatoms. The zero-order valence-electron chi connectivity index (χ0n) is 17.3. The molecule has 2 aliphatic rings. The number of rotatable bonds is 4. The van der Waals surface area contributed by atoms with Crippen molar-refractivity contribution in [1.29, 1.82) is 0 Å². The summed E-state index contributed by atoms with van der Waals surface area (Å²) in [5.74, 6) is 0.485. The second-order valence-corrected chi connectivity index (χ2v) is 11.3. The molecular weight excluding hydrogens is 420 g/mol. The smallest absolute Gasteiger partial charge is 0.264 e. The number of Topliss-reactive ketones (excluding diaryl/α,β-unsaturated/α-hetero) is 1. The predicted octanol–water partition coefficient (Wildman–Crippen LogP) is 3.22. The lowest BCUT2D eigenvalue weighted by molar-refractivity contribution is 0.0702. The van der Waals surface area contributed by atoms with Crippen molar-refractivity contribution < 1.29 is 18.0 Å². The second-order valence-electron chi connectivity index (χ2n) is 8.19. The first-order chi connectivity index (χ1) is 14.3. The molecule has 0 bridgehead atoms. The number of thiophene rings is 1. The van der Waals surface area contributed by atoms with E-state index < -0.39 is 10.0 Å². The van der Waals surface area contributed by atoms with Gasteiger partial charge in [0.1, 0.15) is 0 Å². The Kier molecular flexibility index (Phi) is 5.83. The van der Waals surface area contributed by atoms with Crippen molar-refractivity contribution in [3.05, 3.63) is 51.2 Å². The SMILES string of the molecule is CC(=O)c1cccc(S(=O)(=O)N2CCN(C(=O)c3cc4c(s3)CC[C@@H](C)C4)CC2)c1. The van der Waals surface area contributed by atoms with Crippen LogP contribution in [0, 0.1) is 5.92 Å². The van der Waals surface area contributed by atoms with Gasteiger partial charge in [-0.25, -0.2) is 8.42 Å². The number of aryl methyl sites for hydroxylation is 1. The Morgan fingerprint density at radius 2 is 1.83 bits per heavy atom. The lowest BCUT2D eigenvalue weighted by Crippen LogP contribution is -2.50. The summed E-state index contributed by atoms with van der Waals surface area (Å²) in [7, 11) is -3.69. The molecule has 0 saturated carbocycles. The number of carbonyl (C=O) groups excluding carboxylic acids is 2. The fourth-order valence-electron chi connectivity index (χ4n) is 4.12. The van der Waals surface area contributed by atoms with Gasteiger partial charge in [-0.1, -0.05) is 19.1 Å². The highest BCUT2D eigenvalue weighted by molar-refractivity contribution is 7.89. The van der Waals surface area contributed by atoms with Crippen LogP contribution in [0.4, 0.5) is 0 Å². The number of hydrogen-bond donors (Lipinski definition) is 0. The minimum Gasteiger partial charge on any atom is -0.335 e. The van der Waals surface area contributed by atoms with Crippen molar-refractivity contribution >= 4 is 33.1 Å². The van der Waals surface area contributed by atoms with Crippen LogP contribution in [0.25, 0.3) is 0 Å². The topological polar surface area (TPSA) is 74.8 Å². The van der Waals surface area contributed by atoms with Gasteiger partial charge in [0, 0.05) is 36.6 Å². The monoisotopic (exact) mass is 446 g/mol. The molecule has 160 valence electrons. The first-order valence-corrected chi connectivity index (χ1v) is 12.5. The molecular formula is C22H26N2O4S2. The molecule has 1 aliphatic heterocycles. The highest BCUT2D eigenvalue weighted by atomic mass is 32.2. The van der Waals surface area contributed by atoms with Gasteiger partial charge in [0.05, 0.1) is 9.77 Å². The first-order valence-electron chi connectivity index (χ1n) is 10.3. The van der Waals surface area contributed by atoms with E-state index >= 15 is 0 Å². The van der Waals surface area contributed by atoms with Gasteiger partial charge in [-0.2, -0.15) is 4.31 Å². The fourth-order valence-corrected chi connectivity index (χ4v) is 6.77. The number of sulfonamides is 1. The van der Waals surface area contributed by atoms with Crippen LogP contribution in [0.15, 0.2) is 35.2 Å². The third-order valence-corrected chi connectivity index (χ3v) is 9.06. The zero-order chi connectivity index (χ0) is 21.5. The van der Waals surface area contributed by atoms with Gasteiger partial charge in [-0.15, -0.1) is 11.3 Å². The van der Waals surface area contributed by atoms with Crippen molar-refractivity contribution in [2.75, 3.05) is 26.2 Å². The van der Waals surface area contributed by atoms with Gasteiger partial charge in [0.25, 0.3) is 5.91 Å². The molecule has 1 aromatic carbocycles. The minimum absolute atomic E-state index is 0.00215. The molecule has 1 amide bonds. The summed E-state index contributed by atoms with van der Waals surface area (Å²) < 4.78 is 27.4. The molecule has 1 aliphatic carbocycles. The van der Waals surface area contributed by atoms with E-state index in [1.54, 1.807) is 28.4 Å². The molecule has 1 saturated heterocycles. The van der Waals surface area contributed by atoms with Gasteiger partial charge in [-0.3, -0.25) is 9.59 Å². The maximum absolute atomic E-state index is 13.0. The number of carbonyl (C=O) groups is 2. The van der Waals surface area contributed by atoms with E-state index in [0.717, 1.165) is 17.7 Å². The lowest BCUT2D eigenvalue weighted by Gasteiger charge is -2.33. The highest BCUT2D eigenvalue weighted by Crippen LogP contribution is 2.33. The summed E-state index contributed by atoms with van der Waals surface area (Å²) in [6.07, 6.45) is 3.24. The molecule has 0 N–H and O–H groups in total. The Hall–Kier alpha value is -2.03. The lowest BCUT2D eigenvalue weighted by atomic mass is 9.90. The van der Waals surface area contributed by atoms with Crippen molar-refractivity contribution in [3.8, 4) is 0 Å². The van der Waals surface area contributed by atoms with Gasteiger partial charge in [-0.05, 0) is 55.9 Å². The summed E-state index contributed by atoms with van der Waals surface area (Å²) in [6, 6.07) is 8.17. The Balaban J connectivity index is 1.44. The molecule has 0 radical (unpaired) electrons. The van der Waals surface area contributed by atoms with E-state index in [1.807, 2.05) is 6.07 Å². The Labute approximate surface area is 181 Å². The number of nitrogens with zero attached hydrogens (tertiary/aromatic N) is 2. The van der Waals surface area contributed by atoms with Gasteiger partial charge < -0.3 is 4.90 Å². The van der Waals surface area contributed by atoms with E-state index in [4.69, 9.17) is 0 Å². The molecule has 0 unspecified atom stereocenters. The van der Waals surface area contributed by atoms with Crippen LogP contribution in [0.3, 0.4) is 0 Å². The highest BCUT2D eigenvalue weighted by Gasteiger charge is 2.31. The van der Waals surface area contributed by atoms with Crippen LogP contribution >= 0.6 is 11.3 Å². The van der Waals surface area contributed by atoms with Crippen molar-refractivity contribution in [2.24, 2.45) is 5.92 Å². The number of ketones is 1. The van der Waals surface area contributed by atoms with Crippen LogP contribution in [0.5, 0.6) is 0 Å². The number of amides is 1. The largest absolute Gasteiger partial charge is 0.335 e. The van der Waals surface area contributed by atoms with Crippen molar-refractivity contribution in [3.63, 3.8) is 0 Å². The molecule has 30 heavy (non-hydrogen) atoms. The minimum atomic E-state index is -3.69. The average molecular weight is 447 g/mol. The zero-order valence-corrected chi connectivity index (χ0v) is 18.9. The molecule has 4 rings (SSSR count). The van der Waals surface area contributed by atoms with Crippen LogP contribution in [-0.4, -0.2) is 55.5 Å². The third-order valence-electron chi connectivity index (χ3n) is 5.94. The van der Waals surface area contributed by atoms with E-state index in [0.29, 0.717) is 24.6 Å². The van der Waals surface area contributed by atoms with Crippen LogP contribution < -0.4 is 0 Å². The molecule has 2 heterocycles. The van der Waals surface area contributed by atoms with Crippen LogP contribution in [0.2, 0.25) is 0 Å². The van der Waals surface area contributed by atoms with E-state index in [2.05, 4.69) is 6.92 Å². The summed E-state index contributed by atoms with van der Waals surface area (Å²) in [4.78, 5) is 28.5. The number of benzene rings is 1. The maximum Gasteiger partial charge on any atom is 0.264 e. The van der Waals surface area contributed by atoms with Crippen LogP contribution in [-0.2, 0) is 22.9 Å². The summed E-state index contributed by atoms with van der Waals surface area (Å²) in [5, 5.41) is 0. The van der Waals surface area contributed by atoms with Crippen molar-refractivity contribution in [2.45, 2.75) is 38.0 Å². The second kappa shape index (κ2) is 8.24. The normalized spacial score (nSPS) is 20.1. The molecule has 1 fully saturated rings. The molecule has 1 aromatic heterocycles. The number of fused-ring (bicyclic) bond motifs is 1. The van der Waals surface area contributed by atoms with Gasteiger partial charge in [0.2, 0.25) is 10.0 Å². The maximum atomic E-state index is 13.0.